The fourth-order valence-corrected chi connectivity index (χ4v) is 3.20. The Morgan fingerprint density at radius 1 is 1.32 bits per heavy atom. The molecule has 0 bridgehead atoms. The maximum atomic E-state index is 13.6. The van der Waals surface area contributed by atoms with E-state index in [1.807, 2.05) is 6.92 Å². The molecule has 19 heavy (non-hydrogen) atoms. The molecular weight excluding hydrogens is 239 g/mol. The maximum absolute atomic E-state index is 13.6. The molecule has 0 radical (unpaired) electrons. The molecule has 1 aliphatic carbocycles. The molecule has 1 N–H and O–H groups in total. The first-order valence-electron chi connectivity index (χ1n) is 7.44. The lowest BCUT2D eigenvalue weighted by Crippen LogP contribution is -2.57. The molecule has 3 rings (SSSR count). The van der Waals surface area contributed by atoms with E-state index in [2.05, 4.69) is 23.2 Å². The molecule has 3 heteroatoms. The van der Waals surface area contributed by atoms with E-state index in [4.69, 9.17) is 0 Å². The molecule has 1 aromatic rings. The SMILES string of the molecule is CCC1CNC(C2CC2)CN1c1cc(C)cc(F)c1. The van der Waals surface area contributed by atoms with Crippen molar-refractivity contribution in [2.45, 2.75) is 45.2 Å². The van der Waals surface area contributed by atoms with Crippen molar-refractivity contribution in [1.29, 1.82) is 0 Å². The zero-order valence-electron chi connectivity index (χ0n) is 11.8. The van der Waals surface area contributed by atoms with Gasteiger partial charge in [0.15, 0.2) is 0 Å². The van der Waals surface area contributed by atoms with Gasteiger partial charge in [-0.15, -0.1) is 0 Å². The Bertz CT molecular complexity index is 436. The summed E-state index contributed by atoms with van der Waals surface area (Å²) in [4.78, 5) is 2.41. The fraction of sp³-hybridized carbons (Fsp3) is 0.625. The molecule has 1 heterocycles. The maximum Gasteiger partial charge on any atom is 0.125 e. The Morgan fingerprint density at radius 2 is 2.11 bits per heavy atom. The summed E-state index contributed by atoms with van der Waals surface area (Å²) in [6, 6.07) is 6.47. The van der Waals surface area contributed by atoms with Crippen molar-refractivity contribution in [3.8, 4) is 0 Å². The highest BCUT2D eigenvalue weighted by Gasteiger charge is 2.36. The van der Waals surface area contributed by atoms with Crippen LogP contribution in [0.25, 0.3) is 0 Å². The van der Waals surface area contributed by atoms with Gasteiger partial charge in [-0.1, -0.05) is 6.92 Å². The lowest BCUT2D eigenvalue weighted by Gasteiger charge is -2.42. The Balaban J connectivity index is 1.84. The van der Waals surface area contributed by atoms with E-state index >= 15 is 0 Å². The van der Waals surface area contributed by atoms with Crippen LogP contribution in [0.3, 0.4) is 0 Å². The van der Waals surface area contributed by atoms with Gasteiger partial charge in [-0.3, -0.25) is 0 Å². The molecule has 2 fully saturated rings. The van der Waals surface area contributed by atoms with Crippen LogP contribution in [0.2, 0.25) is 0 Å². The van der Waals surface area contributed by atoms with Crippen LogP contribution in [-0.2, 0) is 0 Å². The largest absolute Gasteiger partial charge is 0.366 e. The highest BCUT2D eigenvalue weighted by Crippen LogP contribution is 2.35. The molecule has 0 amide bonds. The number of hydrogen-bond acceptors (Lipinski definition) is 2. The van der Waals surface area contributed by atoms with Crippen LogP contribution in [0, 0.1) is 18.7 Å². The predicted molar refractivity (Wildman–Crippen MR) is 77.1 cm³/mol. The van der Waals surface area contributed by atoms with Gasteiger partial charge in [-0.05, 0) is 55.9 Å². The van der Waals surface area contributed by atoms with Gasteiger partial charge in [0.1, 0.15) is 5.82 Å². The number of nitrogens with zero attached hydrogens (tertiary/aromatic N) is 1. The summed E-state index contributed by atoms with van der Waals surface area (Å²) in [5.41, 5.74) is 2.06. The Hall–Kier alpha value is -1.09. The molecule has 1 saturated carbocycles. The Kier molecular flexibility index (Phi) is 3.48. The van der Waals surface area contributed by atoms with E-state index in [-0.39, 0.29) is 5.82 Å². The first-order valence-corrected chi connectivity index (χ1v) is 7.44. The number of hydrogen-bond donors (Lipinski definition) is 1. The number of nitrogens with one attached hydrogen (secondary N) is 1. The number of piperazine rings is 1. The number of anilines is 1. The highest BCUT2D eigenvalue weighted by atomic mass is 19.1. The minimum atomic E-state index is -0.119. The Labute approximate surface area is 115 Å². The van der Waals surface area contributed by atoms with Gasteiger partial charge in [0, 0.05) is 30.9 Å². The van der Waals surface area contributed by atoms with Crippen molar-refractivity contribution in [2.75, 3.05) is 18.0 Å². The topological polar surface area (TPSA) is 15.3 Å². The molecule has 2 unspecified atom stereocenters. The zero-order chi connectivity index (χ0) is 13.4. The minimum Gasteiger partial charge on any atom is -0.366 e. The first kappa shape index (κ1) is 12.9. The molecular formula is C16H23FN2. The summed E-state index contributed by atoms with van der Waals surface area (Å²) < 4.78 is 13.6. The van der Waals surface area contributed by atoms with E-state index in [1.54, 1.807) is 12.1 Å². The fourth-order valence-electron chi connectivity index (χ4n) is 3.20. The third-order valence-electron chi connectivity index (χ3n) is 4.47. The van der Waals surface area contributed by atoms with Crippen molar-refractivity contribution in [2.24, 2.45) is 5.92 Å². The third-order valence-corrected chi connectivity index (χ3v) is 4.47. The Morgan fingerprint density at radius 3 is 2.74 bits per heavy atom. The van der Waals surface area contributed by atoms with Crippen molar-refractivity contribution in [1.82, 2.24) is 5.32 Å². The average Bonchev–Trinajstić information content (AvgIpc) is 3.21. The second-order valence-corrected chi connectivity index (χ2v) is 6.05. The summed E-state index contributed by atoms with van der Waals surface area (Å²) in [6.45, 7) is 6.22. The average molecular weight is 262 g/mol. The van der Waals surface area contributed by atoms with Crippen LogP contribution in [0.15, 0.2) is 18.2 Å². The highest BCUT2D eigenvalue weighted by molar-refractivity contribution is 5.50. The smallest absolute Gasteiger partial charge is 0.125 e. The molecule has 0 aromatic heterocycles. The second kappa shape index (κ2) is 5.12. The van der Waals surface area contributed by atoms with E-state index in [0.29, 0.717) is 12.1 Å². The minimum absolute atomic E-state index is 0.119. The number of aryl methyl sites for hydroxylation is 1. The van der Waals surface area contributed by atoms with Crippen molar-refractivity contribution in [3.05, 3.63) is 29.6 Å². The molecule has 2 atom stereocenters. The van der Waals surface area contributed by atoms with Gasteiger partial charge < -0.3 is 10.2 Å². The van der Waals surface area contributed by atoms with Gasteiger partial charge in [-0.2, -0.15) is 0 Å². The summed E-state index contributed by atoms with van der Waals surface area (Å²) in [5, 5.41) is 3.68. The standard InChI is InChI=1S/C16H23FN2/c1-3-14-9-18-16(12-4-5-12)10-19(14)15-7-11(2)6-13(17)8-15/h6-8,12,14,16,18H,3-5,9-10H2,1-2H3. The van der Waals surface area contributed by atoms with Gasteiger partial charge >= 0.3 is 0 Å². The third kappa shape index (κ3) is 2.76. The molecule has 1 aliphatic heterocycles. The van der Waals surface area contributed by atoms with Crippen molar-refractivity contribution in [3.63, 3.8) is 0 Å². The summed E-state index contributed by atoms with van der Waals surface area (Å²) >= 11 is 0. The quantitative estimate of drug-likeness (QED) is 0.900. The van der Waals surface area contributed by atoms with E-state index in [0.717, 1.165) is 36.7 Å². The lowest BCUT2D eigenvalue weighted by atomic mass is 10.0. The molecule has 1 aromatic carbocycles. The monoisotopic (exact) mass is 262 g/mol. The molecule has 0 spiro atoms. The summed E-state index contributed by atoms with van der Waals surface area (Å²) in [5.74, 6) is 0.723. The van der Waals surface area contributed by atoms with Gasteiger partial charge in [0.2, 0.25) is 0 Å². The zero-order valence-corrected chi connectivity index (χ0v) is 11.8. The van der Waals surface area contributed by atoms with E-state index in [1.165, 1.54) is 12.8 Å². The molecule has 2 aliphatic rings. The lowest BCUT2D eigenvalue weighted by molar-refractivity contribution is 0.359. The van der Waals surface area contributed by atoms with Gasteiger partial charge in [0.25, 0.3) is 0 Å². The van der Waals surface area contributed by atoms with Crippen LogP contribution < -0.4 is 10.2 Å². The van der Waals surface area contributed by atoms with Crippen molar-refractivity contribution >= 4 is 5.69 Å². The number of benzene rings is 1. The van der Waals surface area contributed by atoms with Crippen LogP contribution in [0.4, 0.5) is 10.1 Å². The van der Waals surface area contributed by atoms with Crippen LogP contribution in [-0.4, -0.2) is 25.2 Å². The molecule has 2 nitrogen and oxygen atoms in total. The molecule has 104 valence electrons. The normalized spacial score (nSPS) is 27.6. The first-order chi connectivity index (χ1) is 9.17. The van der Waals surface area contributed by atoms with Gasteiger partial charge in [-0.25, -0.2) is 4.39 Å². The molecule has 1 saturated heterocycles. The summed E-state index contributed by atoms with van der Waals surface area (Å²) in [7, 11) is 0. The second-order valence-electron chi connectivity index (χ2n) is 6.05. The number of rotatable bonds is 3. The summed E-state index contributed by atoms with van der Waals surface area (Å²) in [6.07, 6.45) is 3.80. The van der Waals surface area contributed by atoms with Crippen molar-refractivity contribution < 1.29 is 4.39 Å². The van der Waals surface area contributed by atoms with Crippen LogP contribution in [0.5, 0.6) is 0 Å². The predicted octanol–water partition coefficient (Wildman–Crippen LogP) is 3.10. The van der Waals surface area contributed by atoms with E-state index in [9.17, 15) is 4.39 Å². The number of halogens is 1. The van der Waals surface area contributed by atoms with E-state index < -0.39 is 0 Å². The van der Waals surface area contributed by atoms with Crippen LogP contribution >= 0.6 is 0 Å². The van der Waals surface area contributed by atoms with Gasteiger partial charge in [0.05, 0.1) is 0 Å². The van der Waals surface area contributed by atoms with Crippen LogP contribution in [0.1, 0.15) is 31.7 Å².